The second-order valence-electron chi connectivity index (χ2n) is 4.81. The van der Waals surface area contributed by atoms with Gasteiger partial charge in [-0.15, -0.1) is 0 Å². The van der Waals surface area contributed by atoms with Crippen LogP contribution in [0.1, 0.15) is 5.89 Å². The third-order valence-electron chi connectivity index (χ3n) is 3.26. The molecule has 24 heavy (non-hydrogen) atoms. The van der Waals surface area contributed by atoms with Crippen LogP contribution in [0.3, 0.4) is 0 Å². The Bertz CT molecular complexity index is 1020. The molecule has 0 atom stereocenters. The van der Waals surface area contributed by atoms with Gasteiger partial charge < -0.3 is 4.52 Å². The third-order valence-corrected chi connectivity index (χ3v) is 3.26. The number of nitrogens with zero attached hydrogens (tertiary/aromatic N) is 6. The molecule has 0 unspecified atom stereocenters. The van der Waals surface area contributed by atoms with Crippen molar-refractivity contribution in [1.29, 1.82) is 0 Å². The lowest BCUT2D eigenvalue weighted by atomic mass is 10.2. The second-order valence-corrected chi connectivity index (χ2v) is 4.81. The zero-order chi connectivity index (χ0) is 16.7. The van der Waals surface area contributed by atoms with Crippen LogP contribution in [0.15, 0.2) is 47.5 Å². The average molecular weight is 332 g/mol. The van der Waals surface area contributed by atoms with Crippen molar-refractivity contribution >= 4 is 10.9 Å². The van der Waals surface area contributed by atoms with Crippen LogP contribution < -0.4 is 0 Å². The zero-order valence-electron chi connectivity index (χ0n) is 11.8. The maximum Gasteiger partial charge on any atom is 0.471 e. The SMILES string of the molecule is FC(F)(F)c1nc(-c2ccnc(-n3ncc4ccncc43)c2)no1. The van der Waals surface area contributed by atoms with Crippen molar-refractivity contribution in [3.63, 3.8) is 0 Å². The summed E-state index contributed by atoms with van der Waals surface area (Å²) in [7, 11) is 0. The average Bonchev–Trinajstić information content (AvgIpc) is 3.22. The van der Waals surface area contributed by atoms with Gasteiger partial charge in [0.05, 0.1) is 17.9 Å². The first kappa shape index (κ1) is 14.3. The summed E-state index contributed by atoms with van der Waals surface area (Å²) in [6.07, 6.45) is 1.63. The number of rotatable bonds is 2. The Hall–Kier alpha value is -3.30. The van der Waals surface area contributed by atoms with E-state index < -0.39 is 12.1 Å². The molecule has 4 aromatic heterocycles. The van der Waals surface area contributed by atoms with E-state index in [1.807, 2.05) is 0 Å². The number of halogens is 3. The van der Waals surface area contributed by atoms with Crippen molar-refractivity contribution < 1.29 is 17.7 Å². The Kier molecular flexibility index (Phi) is 3.05. The largest absolute Gasteiger partial charge is 0.471 e. The number of alkyl halides is 3. The minimum Gasteiger partial charge on any atom is -0.329 e. The van der Waals surface area contributed by atoms with Crippen LogP contribution in [-0.2, 0) is 6.18 Å². The topological polar surface area (TPSA) is 82.5 Å². The maximum atomic E-state index is 12.6. The summed E-state index contributed by atoms with van der Waals surface area (Å²) in [5.74, 6) is -1.18. The molecule has 120 valence electrons. The Labute approximate surface area is 131 Å². The molecule has 0 bridgehead atoms. The van der Waals surface area contributed by atoms with E-state index >= 15 is 0 Å². The molecule has 0 aliphatic heterocycles. The second kappa shape index (κ2) is 5.11. The van der Waals surface area contributed by atoms with Crippen LogP contribution >= 0.6 is 0 Å². The molecule has 0 saturated carbocycles. The van der Waals surface area contributed by atoms with Crippen LogP contribution in [0.5, 0.6) is 0 Å². The summed E-state index contributed by atoms with van der Waals surface area (Å²) >= 11 is 0. The van der Waals surface area contributed by atoms with Gasteiger partial charge in [0.1, 0.15) is 0 Å². The smallest absolute Gasteiger partial charge is 0.329 e. The van der Waals surface area contributed by atoms with Gasteiger partial charge in [0.15, 0.2) is 5.82 Å². The van der Waals surface area contributed by atoms with Gasteiger partial charge in [0.25, 0.3) is 0 Å². The molecule has 0 aliphatic rings. The Morgan fingerprint density at radius 3 is 2.75 bits per heavy atom. The summed E-state index contributed by atoms with van der Waals surface area (Å²) in [6, 6.07) is 4.79. The van der Waals surface area contributed by atoms with E-state index in [1.54, 1.807) is 24.7 Å². The predicted octanol–water partition coefficient (Wildman–Crippen LogP) is 2.88. The highest BCUT2D eigenvalue weighted by molar-refractivity contribution is 5.78. The number of hydrogen-bond acceptors (Lipinski definition) is 6. The lowest BCUT2D eigenvalue weighted by Gasteiger charge is -2.03. The van der Waals surface area contributed by atoms with E-state index in [0.29, 0.717) is 16.9 Å². The molecule has 0 aliphatic carbocycles. The molecule has 0 aromatic carbocycles. The van der Waals surface area contributed by atoms with Crippen LogP contribution in [0.25, 0.3) is 28.1 Å². The highest BCUT2D eigenvalue weighted by Crippen LogP contribution is 2.29. The van der Waals surface area contributed by atoms with E-state index in [-0.39, 0.29) is 5.82 Å². The van der Waals surface area contributed by atoms with Gasteiger partial charge in [-0.2, -0.15) is 23.3 Å². The predicted molar refractivity (Wildman–Crippen MR) is 75.0 cm³/mol. The van der Waals surface area contributed by atoms with E-state index in [0.717, 1.165) is 5.39 Å². The van der Waals surface area contributed by atoms with E-state index in [4.69, 9.17) is 0 Å². The molecular weight excluding hydrogens is 325 g/mol. The molecule has 4 rings (SSSR count). The first-order valence-corrected chi connectivity index (χ1v) is 6.68. The molecular formula is C14H7F3N6O. The minimum absolute atomic E-state index is 0.180. The fraction of sp³-hybridized carbons (Fsp3) is 0.0714. The quantitative estimate of drug-likeness (QED) is 0.561. The van der Waals surface area contributed by atoms with Gasteiger partial charge in [-0.3, -0.25) is 4.98 Å². The standard InChI is InChI=1S/C14H7F3N6O/c15-14(16,17)13-21-12(22-24-13)8-2-4-19-11(5-8)23-10-7-18-3-1-9(10)6-20-23/h1-7H. The van der Waals surface area contributed by atoms with Gasteiger partial charge in [0.2, 0.25) is 5.82 Å². The van der Waals surface area contributed by atoms with E-state index in [2.05, 4.69) is 29.7 Å². The monoisotopic (exact) mass is 332 g/mol. The molecule has 0 N–H and O–H groups in total. The van der Waals surface area contributed by atoms with Crippen molar-refractivity contribution in [3.05, 3.63) is 48.9 Å². The van der Waals surface area contributed by atoms with Crippen molar-refractivity contribution in [2.24, 2.45) is 0 Å². The van der Waals surface area contributed by atoms with Crippen LogP contribution in [-0.4, -0.2) is 29.9 Å². The molecule has 0 saturated heterocycles. The van der Waals surface area contributed by atoms with E-state index in [1.165, 1.54) is 23.0 Å². The van der Waals surface area contributed by atoms with Gasteiger partial charge >= 0.3 is 12.1 Å². The van der Waals surface area contributed by atoms with E-state index in [9.17, 15) is 13.2 Å². The molecule has 10 heteroatoms. The first-order chi connectivity index (χ1) is 11.5. The summed E-state index contributed by atoms with van der Waals surface area (Å²) in [5.41, 5.74) is 1.04. The summed E-state index contributed by atoms with van der Waals surface area (Å²) in [6.45, 7) is 0. The molecule has 0 fully saturated rings. The van der Waals surface area contributed by atoms with Gasteiger partial charge in [-0.25, -0.2) is 9.67 Å². The number of hydrogen-bond donors (Lipinski definition) is 0. The summed E-state index contributed by atoms with van der Waals surface area (Å²) < 4.78 is 43.5. The molecule has 0 amide bonds. The Morgan fingerprint density at radius 2 is 1.96 bits per heavy atom. The first-order valence-electron chi connectivity index (χ1n) is 6.68. The fourth-order valence-electron chi connectivity index (χ4n) is 2.18. The van der Waals surface area contributed by atoms with Crippen molar-refractivity contribution in [1.82, 2.24) is 29.9 Å². The molecule has 7 nitrogen and oxygen atoms in total. The number of aromatic nitrogens is 6. The summed E-state index contributed by atoms with van der Waals surface area (Å²) in [4.78, 5) is 11.6. The highest BCUT2D eigenvalue weighted by atomic mass is 19.4. The highest BCUT2D eigenvalue weighted by Gasteiger charge is 2.38. The zero-order valence-corrected chi connectivity index (χ0v) is 11.8. The van der Waals surface area contributed by atoms with Gasteiger partial charge in [-0.05, 0) is 18.2 Å². The lowest BCUT2D eigenvalue weighted by molar-refractivity contribution is -0.159. The molecule has 0 radical (unpaired) electrons. The number of pyridine rings is 2. The lowest BCUT2D eigenvalue weighted by Crippen LogP contribution is -2.05. The fourth-order valence-corrected chi connectivity index (χ4v) is 2.18. The number of fused-ring (bicyclic) bond motifs is 1. The van der Waals surface area contributed by atoms with Crippen LogP contribution in [0.2, 0.25) is 0 Å². The minimum atomic E-state index is -4.69. The Balaban J connectivity index is 1.78. The van der Waals surface area contributed by atoms with Crippen molar-refractivity contribution in [2.75, 3.05) is 0 Å². The molecule has 4 aromatic rings. The maximum absolute atomic E-state index is 12.6. The van der Waals surface area contributed by atoms with Crippen molar-refractivity contribution in [3.8, 4) is 17.2 Å². The van der Waals surface area contributed by atoms with Crippen LogP contribution in [0.4, 0.5) is 13.2 Å². The molecule has 4 heterocycles. The summed E-state index contributed by atoms with van der Waals surface area (Å²) in [5, 5.41) is 8.43. The van der Waals surface area contributed by atoms with Crippen molar-refractivity contribution in [2.45, 2.75) is 6.18 Å². The van der Waals surface area contributed by atoms with Gasteiger partial charge in [-0.1, -0.05) is 5.16 Å². The normalized spacial score (nSPS) is 12.0. The van der Waals surface area contributed by atoms with Crippen LogP contribution in [0, 0.1) is 0 Å². The Morgan fingerprint density at radius 1 is 1.08 bits per heavy atom. The third kappa shape index (κ3) is 2.37. The van der Waals surface area contributed by atoms with Gasteiger partial charge in [0, 0.05) is 23.3 Å². The molecule has 0 spiro atoms.